The van der Waals surface area contributed by atoms with Gasteiger partial charge in [-0.05, 0) is 45.4 Å². The van der Waals surface area contributed by atoms with Crippen molar-refractivity contribution < 1.29 is 4.79 Å². The lowest BCUT2D eigenvalue weighted by atomic mass is 10.1. The van der Waals surface area contributed by atoms with Crippen LogP contribution in [0, 0.1) is 0 Å². The third-order valence-electron chi connectivity index (χ3n) is 2.37. The SMILES string of the molecule is CC(=O)c1cccc(NC(=S)NCCN(C)C)c1. The Morgan fingerprint density at radius 1 is 1.39 bits per heavy atom. The Kier molecular flexibility index (Phi) is 5.74. The van der Waals surface area contributed by atoms with E-state index in [4.69, 9.17) is 12.2 Å². The topological polar surface area (TPSA) is 44.4 Å². The first-order valence-electron chi connectivity index (χ1n) is 5.79. The molecule has 2 N–H and O–H groups in total. The molecule has 0 heterocycles. The monoisotopic (exact) mass is 265 g/mol. The lowest BCUT2D eigenvalue weighted by Crippen LogP contribution is -2.34. The molecule has 18 heavy (non-hydrogen) atoms. The van der Waals surface area contributed by atoms with Crippen LogP contribution in [0.5, 0.6) is 0 Å². The van der Waals surface area contributed by atoms with Crippen molar-refractivity contribution in [3.8, 4) is 0 Å². The molecule has 0 saturated carbocycles. The van der Waals surface area contributed by atoms with Crippen molar-refractivity contribution in [2.75, 3.05) is 32.5 Å². The summed E-state index contributed by atoms with van der Waals surface area (Å²) >= 11 is 5.17. The number of hydrogen-bond acceptors (Lipinski definition) is 3. The van der Waals surface area contributed by atoms with Gasteiger partial charge < -0.3 is 15.5 Å². The molecule has 5 heteroatoms. The van der Waals surface area contributed by atoms with Gasteiger partial charge in [0.1, 0.15) is 0 Å². The van der Waals surface area contributed by atoms with E-state index in [9.17, 15) is 4.79 Å². The zero-order valence-corrected chi connectivity index (χ0v) is 11.8. The molecular weight excluding hydrogens is 246 g/mol. The average molecular weight is 265 g/mol. The third kappa shape index (κ3) is 5.25. The summed E-state index contributed by atoms with van der Waals surface area (Å²) in [6.45, 7) is 3.24. The van der Waals surface area contributed by atoms with Crippen LogP contribution in [0.15, 0.2) is 24.3 Å². The van der Waals surface area contributed by atoms with E-state index in [-0.39, 0.29) is 5.78 Å². The number of hydrogen-bond donors (Lipinski definition) is 2. The summed E-state index contributed by atoms with van der Waals surface area (Å²) in [5, 5.41) is 6.73. The fourth-order valence-electron chi connectivity index (χ4n) is 1.38. The second kappa shape index (κ2) is 7.08. The highest BCUT2D eigenvalue weighted by Gasteiger charge is 2.02. The zero-order valence-electron chi connectivity index (χ0n) is 11.0. The first kappa shape index (κ1) is 14.6. The van der Waals surface area contributed by atoms with Crippen LogP contribution in [0.4, 0.5) is 5.69 Å². The summed E-state index contributed by atoms with van der Waals surface area (Å²) in [5.74, 6) is 0.0464. The van der Waals surface area contributed by atoms with Crippen molar-refractivity contribution in [1.29, 1.82) is 0 Å². The maximum atomic E-state index is 11.2. The molecule has 0 bridgehead atoms. The minimum atomic E-state index is 0.0464. The lowest BCUT2D eigenvalue weighted by molar-refractivity contribution is 0.101. The standard InChI is InChI=1S/C13H19N3OS/c1-10(17)11-5-4-6-12(9-11)15-13(18)14-7-8-16(2)3/h4-6,9H,7-8H2,1-3H3,(H2,14,15,18). The molecule has 0 atom stereocenters. The minimum Gasteiger partial charge on any atom is -0.361 e. The molecule has 0 radical (unpaired) electrons. The van der Waals surface area contributed by atoms with Gasteiger partial charge in [0.2, 0.25) is 0 Å². The number of thiocarbonyl (C=S) groups is 1. The average Bonchev–Trinajstić information content (AvgIpc) is 2.28. The van der Waals surface area contributed by atoms with Gasteiger partial charge in [0, 0.05) is 24.3 Å². The normalized spacial score (nSPS) is 10.2. The Hall–Kier alpha value is -1.46. The Morgan fingerprint density at radius 2 is 2.11 bits per heavy atom. The fourth-order valence-corrected chi connectivity index (χ4v) is 1.60. The Bertz CT molecular complexity index is 432. The summed E-state index contributed by atoms with van der Waals surface area (Å²) in [5.41, 5.74) is 1.50. The smallest absolute Gasteiger partial charge is 0.170 e. The number of Topliss-reactive ketones (excluding diaryl/α,β-unsaturated/α-hetero) is 1. The molecule has 0 spiro atoms. The number of nitrogens with one attached hydrogen (secondary N) is 2. The van der Waals surface area contributed by atoms with Gasteiger partial charge >= 0.3 is 0 Å². The Morgan fingerprint density at radius 3 is 2.72 bits per heavy atom. The number of rotatable bonds is 5. The number of anilines is 1. The van der Waals surface area contributed by atoms with Gasteiger partial charge in [-0.2, -0.15) is 0 Å². The molecule has 0 aliphatic heterocycles. The maximum Gasteiger partial charge on any atom is 0.170 e. The molecule has 1 rings (SSSR count). The maximum absolute atomic E-state index is 11.2. The van der Waals surface area contributed by atoms with Crippen LogP contribution in [0.1, 0.15) is 17.3 Å². The summed E-state index contributed by atoms with van der Waals surface area (Å²) in [6.07, 6.45) is 0. The number of nitrogens with zero attached hydrogens (tertiary/aromatic N) is 1. The van der Waals surface area contributed by atoms with E-state index in [1.807, 2.05) is 26.2 Å². The van der Waals surface area contributed by atoms with Gasteiger partial charge in [0.15, 0.2) is 10.9 Å². The molecule has 0 unspecified atom stereocenters. The quantitative estimate of drug-likeness (QED) is 0.627. The van der Waals surface area contributed by atoms with Crippen molar-refractivity contribution in [2.45, 2.75) is 6.92 Å². The first-order chi connectivity index (χ1) is 8.49. The van der Waals surface area contributed by atoms with E-state index in [2.05, 4.69) is 15.5 Å². The molecule has 4 nitrogen and oxygen atoms in total. The van der Waals surface area contributed by atoms with Crippen molar-refractivity contribution in [3.63, 3.8) is 0 Å². The molecule has 0 aromatic heterocycles. The van der Waals surface area contributed by atoms with E-state index < -0.39 is 0 Å². The number of ketones is 1. The fraction of sp³-hybridized carbons (Fsp3) is 0.385. The number of likely N-dealkylation sites (N-methyl/N-ethyl adjacent to an activating group) is 1. The van der Waals surface area contributed by atoms with Crippen molar-refractivity contribution >= 4 is 28.8 Å². The van der Waals surface area contributed by atoms with Gasteiger partial charge in [-0.3, -0.25) is 4.79 Å². The Labute approximate surface area is 113 Å². The molecule has 1 aromatic rings. The minimum absolute atomic E-state index is 0.0464. The Balaban J connectivity index is 2.49. The summed E-state index contributed by atoms with van der Waals surface area (Å²) in [6, 6.07) is 7.30. The van der Waals surface area contributed by atoms with Crippen molar-refractivity contribution in [3.05, 3.63) is 29.8 Å². The number of carbonyl (C=O) groups is 1. The second-order valence-corrected chi connectivity index (χ2v) is 4.73. The van der Waals surface area contributed by atoms with Gasteiger partial charge in [-0.25, -0.2) is 0 Å². The van der Waals surface area contributed by atoms with Crippen LogP contribution in [-0.4, -0.2) is 43.0 Å². The molecule has 0 aliphatic carbocycles. The number of carbonyl (C=O) groups excluding carboxylic acids is 1. The largest absolute Gasteiger partial charge is 0.361 e. The lowest BCUT2D eigenvalue weighted by Gasteiger charge is -2.13. The molecule has 0 fully saturated rings. The predicted molar refractivity (Wildman–Crippen MR) is 79.2 cm³/mol. The van der Waals surface area contributed by atoms with Crippen molar-refractivity contribution in [1.82, 2.24) is 10.2 Å². The molecule has 0 saturated heterocycles. The zero-order chi connectivity index (χ0) is 13.5. The summed E-state index contributed by atoms with van der Waals surface area (Å²) in [7, 11) is 4.02. The number of benzene rings is 1. The highest BCUT2D eigenvalue weighted by Crippen LogP contribution is 2.10. The van der Waals surface area contributed by atoms with Crippen LogP contribution in [0.25, 0.3) is 0 Å². The van der Waals surface area contributed by atoms with Crippen LogP contribution in [0.2, 0.25) is 0 Å². The van der Waals surface area contributed by atoms with Crippen molar-refractivity contribution in [2.24, 2.45) is 0 Å². The van der Waals surface area contributed by atoms with Gasteiger partial charge in [0.05, 0.1) is 0 Å². The van der Waals surface area contributed by atoms with Crippen LogP contribution in [0.3, 0.4) is 0 Å². The van der Waals surface area contributed by atoms with E-state index in [1.54, 1.807) is 19.1 Å². The summed E-state index contributed by atoms with van der Waals surface area (Å²) < 4.78 is 0. The van der Waals surface area contributed by atoms with E-state index >= 15 is 0 Å². The molecule has 0 amide bonds. The van der Waals surface area contributed by atoms with E-state index in [0.717, 1.165) is 18.8 Å². The van der Waals surface area contributed by atoms with Gasteiger partial charge in [-0.1, -0.05) is 12.1 Å². The van der Waals surface area contributed by atoms with Gasteiger partial charge in [-0.15, -0.1) is 0 Å². The highest BCUT2D eigenvalue weighted by atomic mass is 32.1. The third-order valence-corrected chi connectivity index (χ3v) is 2.62. The first-order valence-corrected chi connectivity index (χ1v) is 6.20. The van der Waals surface area contributed by atoms with Gasteiger partial charge in [0.25, 0.3) is 0 Å². The highest BCUT2D eigenvalue weighted by molar-refractivity contribution is 7.80. The van der Waals surface area contributed by atoms with Crippen LogP contribution < -0.4 is 10.6 Å². The van der Waals surface area contributed by atoms with Crippen LogP contribution >= 0.6 is 12.2 Å². The molecule has 98 valence electrons. The van der Waals surface area contributed by atoms with E-state index in [0.29, 0.717) is 10.7 Å². The summed E-state index contributed by atoms with van der Waals surface area (Å²) in [4.78, 5) is 13.3. The van der Waals surface area contributed by atoms with Crippen LogP contribution in [-0.2, 0) is 0 Å². The molecular formula is C13H19N3OS. The predicted octanol–water partition coefficient (Wildman–Crippen LogP) is 1.74. The molecule has 1 aromatic carbocycles. The van der Waals surface area contributed by atoms with E-state index in [1.165, 1.54) is 0 Å². The molecule has 0 aliphatic rings. The second-order valence-electron chi connectivity index (χ2n) is 4.32.